The molecule has 1 aromatic heterocycles. The zero-order chi connectivity index (χ0) is 6.27. The van der Waals surface area contributed by atoms with Gasteiger partial charge in [-0.15, -0.1) is 0 Å². The van der Waals surface area contributed by atoms with Crippen molar-refractivity contribution in [3.63, 3.8) is 0 Å². The quantitative estimate of drug-likeness (QED) is 0.658. The smallest absolute Gasteiger partial charge is 0.141 e. The molecular weight excluding hydrogens is 182 g/mol. The number of fused-ring (bicyclic) bond motifs is 1. The predicted octanol–water partition coefficient (Wildman–Crippen LogP) is 1.71. The number of halogens is 1. The second-order valence-corrected chi connectivity index (χ2v) is 2.84. The molecule has 2 heterocycles. The fourth-order valence-corrected chi connectivity index (χ4v) is 1.54. The molecule has 0 atom stereocenters. The molecule has 2 nitrogen and oxygen atoms in total. The summed E-state index contributed by atoms with van der Waals surface area (Å²) >= 11 is 3.38. The molecule has 1 N–H and O–H groups in total. The Hall–Kier alpha value is -0.440. The average molecular weight is 188 g/mol. The zero-order valence-electron chi connectivity index (χ0n) is 4.78. The molecule has 0 saturated carbocycles. The van der Waals surface area contributed by atoms with E-state index in [-0.39, 0.29) is 0 Å². The van der Waals surface area contributed by atoms with Crippen molar-refractivity contribution in [3.8, 4) is 5.75 Å². The van der Waals surface area contributed by atoms with Crippen LogP contribution in [-0.2, 0) is 6.42 Å². The van der Waals surface area contributed by atoms with Crippen LogP contribution in [0.25, 0.3) is 0 Å². The van der Waals surface area contributed by atoms with Gasteiger partial charge in [0.15, 0.2) is 0 Å². The third kappa shape index (κ3) is 0.678. The molecule has 1 aliphatic rings. The second kappa shape index (κ2) is 1.77. The summed E-state index contributed by atoms with van der Waals surface area (Å²) in [5.41, 5.74) is 1.27. The molecular formula is C6H6BrNO. The summed E-state index contributed by atoms with van der Waals surface area (Å²) in [7, 11) is 0. The van der Waals surface area contributed by atoms with Crippen LogP contribution in [0.2, 0.25) is 0 Å². The lowest BCUT2D eigenvalue weighted by molar-refractivity contribution is 0.355. The Morgan fingerprint density at radius 2 is 2.56 bits per heavy atom. The van der Waals surface area contributed by atoms with E-state index in [0.717, 1.165) is 23.4 Å². The lowest BCUT2D eigenvalue weighted by atomic mass is 10.3. The van der Waals surface area contributed by atoms with Crippen LogP contribution in [0.5, 0.6) is 5.75 Å². The first-order valence-corrected chi connectivity index (χ1v) is 3.66. The van der Waals surface area contributed by atoms with E-state index < -0.39 is 0 Å². The predicted molar refractivity (Wildman–Crippen MR) is 37.7 cm³/mol. The third-order valence-electron chi connectivity index (χ3n) is 1.50. The monoisotopic (exact) mass is 187 g/mol. The molecule has 0 saturated heterocycles. The topological polar surface area (TPSA) is 25.0 Å². The Balaban J connectivity index is 2.56. The fourth-order valence-electron chi connectivity index (χ4n) is 1.04. The van der Waals surface area contributed by atoms with Crippen molar-refractivity contribution in [2.45, 2.75) is 6.42 Å². The molecule has 0 radical (unpaired) electrons. The van der Waals surface area contributed by atoms with E-state index in [1.165, 1.54) is 5.56 Å². The number of hydrogen-bond donors (Lipinski definition) is 1. The molecule has 3 heteroatoms. The van der Waals surface area contributed by atoms with Gasteiger partial charge in [-0.2, -0.15) is 0 Å². The molecule has 0 fully saturated rings. The van der Waals surface area contributed by atoms with Crippen LogP contribution >= 0.6 is 15.9 Å². The summed E-state index contributed by atoms with van der Waals surface area (Å²) in [6.07, 6.45) is 2.91. The van der Waals surface area contributed by atoms with Crippen LogP contribution in [-0.4, -0.2) is 11.6 Å². The molecule has 0 aliphatic carbocycles. The lowest BCUT2D eigenvalue weighted by Crippen LogP contribution is -1.87. The van der Waals surface area contributed by atoms with Gasteiger partial charge in [0.05, 0.1) is 11.2 Å². The summed E-state index contributed by atoms with van der Waals surface area (Å²) in [5, 5.41) is 0. The van der Waals surface area contributed by atoms with Gasteiger partial charge in [0, 0.05) is 18.2 Å². The van der Waals surface area contributed by atoms with Crippen LogP contribution < -0.4 is 4.74 Å². The van der Waals surface area contributed by atoms with Gasteiger partial charge in [-0.3, -0.25) is 0 Å². The second-order valence-electron chi connectivity index (χ2n) is 2.04. The highest BCUT2D eigenvalue weighted by Gasteiger charge is 2.15. The normalized spacial score (nSPS) is 15.2. The highest BCUT2D eigenvalue weighted by Crippen LogP contribution is 2.30. The number of aromatic nitrogens is 1. The van der Waals surface area contributed by atoms with Gasteiger partial charge in [-0.25, -0.2) is 0 Å². The summed E-state index contributed by atoms with van der Waals surface area (Å²) in [4.78, 5) is 3.03. The fraction of sp³-hybridized carbons (Fsp3) is 0.333. The Labute approximate surface area is 61.3 Å². The Kier molecular flexibility index (Phi) is 1.05. The highest BCUT2D eigenvalue weighted by molar-refractivity contribution is 9.10. The van der Waals surface area contributed by atoms with Gasteiger partial charge >= 0.3 is 0 Å². The van der Waals surface area contributed by atoms with E-state index in [1.807, 2.05) is 6.20 Å². The van der Waals surface area contributed by atoms with Crippen molar-refractivity contribution >= 4 is 15.9 Å². The summed E-state index contributed by atoms with van der Waals surface area (Å²) in [6.45, 7) is 0.831. The van der Waals surface area contributed by atoms with E-state index in [1.54, 1.807) is 0 Å². The minimum atomic E-state index is 0.831. The molecule has 2 rings (SSSR count). The molecule has 1 aliphatic heterocycles. The van der Waals surface area contributed by atoms with Gasteiger partial charge in [0.25, 0.3) is 0 Å². The summed E-state index contributed by atoms with van der Waals surface area (Å²) < 4.78 is 6.32. The molecule has 0 amide bonds. The molecule has 9 heavy (non-hydrogen) atoms. The number of nitrogens with one attached hydrogen (secondary N) is 1. The van der Waals surface area contributed by atoms with Gasteiger partial charge < -0.3 is 9.72 Å². The number of aromatic amines is 1. The number of H-pyrrole nitrogens is 1. The zero-order valence-corrected chi connectivity index (χ0v) is 6.36. The maximum atomic E-state index is 5.26. The van der Waals surface area contributed by atoms with E-state index in [4.69, 9.17) is 4.74 Å². The molecule has 0 aromatic carbocycles. The van der Waals surface area contributed by atoms with Crippen molar-refractivity contribution in [3.05, 3.63) is 16.4 Å². The SMILES string of the molecule is Brc1[nH]cc2c1CCO2. The molecule has 0 bridgehead atoms. The van der Waals surface area contributed by atoms with Crippen LogP contribution in [0, 0.1) is 0 Å². The van der Waals surface area contributed by atoms with E-state index in [9.17, 15) is 0 Å². The first kappa shape index (κ1) is 5.35. The third-order valence-corrected chi connectivity index (χ3v) is 2.21. The van der Waals surface area contributed by atoms with Crippen molar-refractivity contribution in [2.24, 2.45) is 0 Å². The summed E-state index contributed by atoms with van der Waals surface area (Å²) in [6, 6.07) is 0. The van der Waals surface area contributed by atoms with Crippen molar-refractivity contribution in [1.29, 1.82) is 0 Å². The van der Waals surface area contributed by atoms with Gasteiger partial charge in [0.2, 0.25) is 0 Å². The molecule has 48 valence electrons. The Morgan fingerprint density at radius 3 is 3.33 bits per heavy atom. The van der Waals surface area contributed by atoms with Crippen LogP contribution in [0.1, 0.15) is 5.56 Å². The Bertz CT molecular complexity index is 231. The molecule has 1 aromatic rings. The van der Waals surface area contributed by atoms with Crippen LogP contribution in [0.4, 0.5) is 0 Å². The molecule has 0 unspecified atom stereocenters. The maximum absolute atomic E-state index is 5.26. The van der Waals surface area contributed by atoms with Crippen molar-refractivity contribution in [1.82, 2.24) is 4.98 Å². The minimum absolute atomic E-state index is 0.831. The average Bonchev–Trinajstić information content (AvgIpc) is 2.35. The van der Waals surface area contributed by atoms with Crippen molar-refractivity contribution < 1.29 is 4.74 Å². The van der Waals surface area contributed by atoms with E-state index >= 15 is 0 Å². The van der Waals surface area contributed by atoms with E-state index in [0.29, 0.717) is 0 Å². The summed E-state index contributed by atoms with van der Waals surface area (Å²) in [5.74, 6) is 1.00. The first-order chi connectivity index (χ1) is 4.38. The van der Waals surface area contributed by atoms with E-state index in [2.05, 4.69) is 20.9 Å². The van der Waals surface area contributed by atoms with Crippen molar-refractivity contribution in [2.75, 3.05) is 6.61 Å². The van der Waals surface area contributed by atoms with Crippen LogP contribution in [0.3, 0.4) is 0 Å². The van der Waals surface area contributed by atoms with Crippen LogP contribution in [0.15, 0.2) is 10.8 Å². The minimum Gasteiger partial charge on any atom is -0.491 e. The lowest BCUT2D eigenvalue weighted by Gasteiger charge is -1.87. The van der Waals surface area contributed by atoms with Gasteiger partial charge in [-0.05, 0) is 15.9 Å². The first-order valence-electron chi connectivity index (χ1n) is 2.86. The molecule has 0 spiro atoms. The van der Waals surface area contributed by atoms with Gasteiger partial charge in [0.1, 0.15) is 5.75 Å². The number of ether oxygens (including phenoxy) is 1. The Morgan fingerprint density at radius 1 is 1.67 bits per heavy atom. The highest BCUT2D eigenvalue weighted by atomic mass is 79.9. The number of hydrogen-bond acceptors (Lipinski definition) is 1. The van der Waals surface area contributed by atoms with Gasteiger partial charge in [-0.1, -0.05) is 0 Å². The maximum Gasteiger partial charge on any atom is 0.141 e. The number of rotatable bonds is 0. The standard InChI is InChI=1S/C6H6BrNO/c7-6-4-1-2-9-5(4)3-8-6/h3,8H,1-2H2. The largest absolute Gasteiger partial charge is 0.491 e.